The molecule has 0 heterocycles. The van der Waals surface area contributed by atoms with Crippen LogP contribution in [0, 0.1) is 13.8 Å². The Hall–Kier alpha value is -3.37. The normalized spacial score (nSPS) is 12.1. The second-order valence-electron chi connectivity index (χ2n) is 9.99. The lowest BCUT2D eigenvalue weighted by molar-refractivity contribution is -0.139. The summed E-state index contributed by atoms with van der Waals surface area (Å²) in [6, 6.07) is 18.0. The predicted octanol–water partition coefficient (Wildman–Crippen LogP) is 5.21. The summed E-state index contributed by atoms with van der Waals surface area (Å²) in [4.78, 5) is 28.5. The predicted molar refractivity (Wildman–Crippen MR) is 161 cm³/mol. The number of carbonyl (C=O) groups is 2. The molecule has 214 valence electrons. The Bertz CT molecular complexity index is 1460. The first-order valence-electron chi connectivity index (χ1n) is 12.9. The van der Waals surface area contributed by atoms with Crippen LogP contribution in [-0.2, 0) is 26.2 Å². The Balaban J connectivity index is 2.11. The summed E-state index contributed by atoms with van der Waals surface area (Å²) in [6.45, 7) is 8.58. The molecule has 1 atom stereocenters. The topological polar surface area (TPSA) is 96.0 Å². The number of sulfonamides is 1. The highest BCUT2D eigenvalue weighted by Crippen LogP contribution is 2.34. The average Bonchev–Trinajstić information content (AvgIpc) is 2.89. The highest BCUT2D eigenvalue weighted by Gasteiger charge is 2.34. The number of amides is 2. The molecule has 3 aromatic carbocycles. The number of hydrogen-bond acceptors (Lipinski definition) is 5. The second kappa shape index (κ2) is 13.3. The van der Waals surface area contributed by atoms with Crippen LogP contribution in [0.2, 0.25) is 0 Å². The number of hydrogen-bond donors (Lipinski definition) is 1. The number of benzene rings is 3. The van der Waals surface area contributed by atoms with Gasteiger partial charge in [0.05, 0.1) is 17.7 Å². The summed E-state index contributed by atoms with van der Waals surface area (Å²) in [5.74, 6) is -0.566. The van der Waals surface area contributed by atoms with Crippen LogP contribution in [0.1, 0.15) is 37.5 Å². The lowest BCUT2D eigenvalue weighted by Crippen LogP contribution is -2.52. The number of methoxy groups -OCH3 is 1. The molecule has 1 N–H and O–H groups in total. The molecule has 40 heavy (non-hydrogen) atoms. The van der Waals surface area contributed by atoms with E-state index in [9.17, 15) is 18.0 Å². The van der Waals surface area contributed by atoms with Gasteiger partial charge in [0.2, 0.25) is 11.8 Å². The van der Waals surface area contributed by atoms with E-state index in [1.54, 1.807) is 37.3 Å². The van der Waals surface area contributed by atoms with E-state index in [4.69, 9.17) is 4.74 Å². The van der Waals surface area contributed by atoms with Crippen molar-refractivity contribution < 1.29 is 22.7 Å². The van der Waals surface area contributed by atoms with Gasteiger partial charge in [-0.1, -0.05) is 51.8 Å². The maximum Gasteiger partial charge on any atom is 0.264 e. The number of nitrogens with one attached hydrogen (secondary N) is 1. The molecule has 0 bridgehead atoms. The zero-order chi connectivity index (χ0) is 29.6. The fraction of sp³-hybridized carbons (Fsp3) is 0.333. The standard InChI is InChI=1S/C30H36BrN3O5S/c1-20(2)32-30(36)23(5)33(18-24-8-7-9-25(31)17-24)29(35)19-34(27-16-22(4)12-15-28(27)39-6)40(37,38)26-13-10-21(3)11-14-26/h7-17,20,23H,18-19H2,1-6H3,(H,32,36)/t23-/m0/s1. The Morgan fingerprint density at radius 2 is 1.60 bits per heavy atom. The van der Waals surface area contributed by atoms with Crippen molar-refractivity contribution in [1.29, 1.82) is 0 Å². The van der Waals surface area contributed by atoms with Crippen LogP contribution >= 0.6 is 15.9 Å². The average molecular weight is 631 g/mol. The van der Waals surface area contributed by atoms with E-state index in [2.05, 4.69) is 21.2 Å². The van der Waals surface area contributed by atoms with E-state index < -0.39 is 28.5 Å². The number of halogens is 1. The number of ether oxygens (including phenoxy) is 1. The van der Waals surface area contributed by atoms with Gasteiger partial charge in [0, 0.05) is 17.1 Å². The molecule has 0 unspecified atom stereocenters. The number of carbonyl (C=O) groups excluding carboxylic acids is 2. The molecular weight excluding hydrogens is 594 g/mol. The monoisotopic (exact) mass is 629 g/mol. The first kappa shape index (κ1) is 31.2. The molecule has 2 amide bonds. The maximum absolute atomic E-state index is 14.1. The Kier molecular flexibility index (Phi) is 10.4. The number of rotatable bonds is 11. The van der Waals surface area contributed by atoms with E-state index in [1.165, 1.54) is 24.1 Å². The fourth-order valence-electron chi connectivity index (χ4n) is 4.17. The quantitative estimate of drug-likeness (QED) is 0.314. The van der Waals surface area contributed by atoms with Gasteiger partial charge in [0.25, 0.3) is 10.0 Å². The number of aryl methyl sites for hydroxylation is 2. The largest absolute Gasteiger partial charge is 0.495 e. The van der Waals surface area contributed by atoms with Gasteiger partial charge in [-0.15, -0.1) is 0 Å². The SMILES string of the molecule is COc1ccc(C)cc1N(CC(=O)N(Cc1cccc(Br)c1)[C@@H](C)C(=O)NC(C)C)S(=O)(=O)c1ccc(C)cc1. The van der Waals surface area contributed by atoms with Gasteiger partial charge in [-0.05, 0) is 82.1 Å². The molecule has 0 aromatic heterocycles. The molecule has 0 saturated heterocycles. The summed E-state index contributed by atoms with van der Waals surface area (Å²) in [6.07, 6.45) is 0. The molecule has 0 spiro atoms. The summed E-state index contributed by atoms with van der Waals surface area (Å²) in [5, 5.41) is 2.85. The first-order valence-corrected chi connectivity index (χ1v) is 15.1. The molecule has 0 aliphatic heterocycles. The van der Waals surface area contributed by atoms with Crippen LogP contribution in [0.15, 0.2) is 76.1 Å². The van der Waals surface area contributed by atoms with Crippen molar-refractivity contribution in [3.8, 4) is 5.75 Å². The third-order valence-electron chi connectivity index (χ3n) is 6.33. The van der Waals surface area contributed by atoms with Gasteiger partial charge in [-0.3, -0.25) is 13.9 Å². The van der Waals surface area contributed by atoms with Crippen LogP contribution in [0.3, 0.4) is 0 Å². The van der Waals surface area contributed by atoms with Crippen LogP contribution in [-0.4, -0.2) is 50.9 Å². The second-order valence-corrected chi connectivity index (χ2v) is 12.8. The molecular formula is C30H36BrN3O5S. The van der Waals surface area contributed by atoms with Gasteiger partial charge in [-0.25, -0.2) is 8.42 Å². The molecule has 0 aliphatic rings. The fourth-order valence-corrected chi connectivity index (χ4v) is 6.03. The molecule has 8 nitrogen and oxygen atoms in total. The van der Waals surface area contributed by atoms with Crippen molar-refractivity contribution in [2.24, 2.45) is 0 Å². The van der Waals surface area contributed by atoms with E-state index >= 15 is 0 Å². The lowest BCUT2D eigenvalue weighted by Gasteiger charge is -2.32. The Labute approximate surface area is 245 Å². The highest BCUT2D eigenvalue weighted by molar-refractivity contribution is 9.10. The minimum atomic E-state index is -4.20. The van der Waals surface area contributed by atoms with E-state index in [0.717, 1.165) is 25.5 Å². The van der Waals surface area contributed by atoms with E-state index in [1.807, 2.05) is 52.0 Å². The van der Waals surface area contributed by atoms with Crippen LogP contribution in [0.4, 0.5) is 5.69 Å². The molecule has 0 saturated carbocycles. The van der Waals surface area contributed by atoms with Gasteiger partial charge in [0.1, 0.15) is 18.3 Å². The number of anilines is 1. The molecule has 3 rings (SSSR count). The summed E-state index contributed by atoms with van der Waals surface area (Å²) in [5.41, 5.74) is 2.72. The highest BCUT2D eigenvalue weighted by atomic mass is 79.9. The maximum atomic E-state index is 14.1. The minimum absolute atomic E-state index is 0.0404. The van der Waals surface area contributed by atoms with Crippen molar-refractivity contribution in [2.45, 2.75) is 58.1 Å². The Morgan fingerprint density at radius 1 is 0.950 bits per heavy atom. The van der Waals surface area contributed by atoms with Crippen LogP contribution in [0.5, 0.6) is 5.75 Å². The van der Waals surface area contributed by atoms with E-state index in [0.29, 0.717) is 5.75 Å². The third kappa shape index (κ3) is 7.63. The molecule has 0 aliphatic carbocycles. The Morgan fingerprint density at radius 3 is 2.20 bits per heavy atom. The van der Waals surface area contributed by atoms with Crippen LogP contribution < -0.4 is 14.4 Å². The summed E-state index contributed by atoms with van der Waals surface area (Å²) in [7, 11) is -2.75. The molecule has 3 aromatic rings. The van der Waals surface area contributed by atoms with Gasteiger partial charge >= 0.3 is 0 Å². The van der Waals surface area contributed by atoms with E-state index in [-0.39, 0.29) is 29.1 Å². The van der Waals surface area contributed by atoms with Gasteiger partial charge < -0.3 is 15.0 Å². The zero-order valence-corrected chi connectivity index (χ0v) is 26.0. The third-order valence-corrected chi connectivity index (χ3v) is 8.60. The minimum Gasteiger partial charge on any atom is -0.495 e. The first-order chi connectivity index (χ1) is 18.8. The van der Waals surface area contributed by atoms with Gasteiger partial charge in [-0.2, -0.15) is 0 Å². The smallest absolute Gasteiger partial charge is 0.264 e. The van der Waals surface area contributed by atoms with Crippen molar-refractivity contribution in [3.63, 3.8) is 0 Å². The van der Waals surface area contributed by atoms with Gasteiger partial charge in [0.15, 0.2) is 0 Å². The zero-order valence-electron chi connectivity index (χ0n) is 23.6. The summed E-state index contributed by atoms with van der Waals surface area (Å²) >= 11 is 3.45. The molecule has 0 fully saturated rings. The molecule has 10 heteroatoms. The van der Waals surface area contributed by atoms with Crippen molar-refractivity contribution in [1.82, 2.24) is 10.2 Å². The lowest BCUT2D eigenvalue weighted by atomic mass is 10.1. The van der Waals surface area contributed by atoms with Crippen LogP contribution in [0.25, 0.3) is 0 Å². The van der Waals surface area contributed by atoms with Crippen molar-refractivity contribution >= 4 is 43.5 Å². The summed E-state index contributed by atoms with van der Waals surface area (Å²) < 4.78 is 35.5. The number of nitrogens with zero attached hydrogens (tertiary/aromatic N) is 2. The van der Waals surface area contributed by atoms with Crippen molar-refractivity contribution in [3.05, 3.63) is 87.9 Å². The van der Waals surface area contributed by atoms with Crippen molar-refractivity contribution in [2.75, 3.05) is 18.0 Å². The molecule has 0 radical (unpaired) electrons.